The largest absolute Gasteiger partial charge is 0.350 e. The standard InChI is InChI=1S/C13H19N3O/c1-9-4-5-11(10(2)16-9)12(17)15-8-13(14)6-3-7-13/h4-5H,3,6-8,14H2,1-2H3,(H,15,17). The van der Waals surface area contributed by atoms with Crippen LogP contribution in [0.1, 0.15) is 41.0 Å². The van der Waals surface area contributed by atoms with Gasteiger partial charge in [-0.2, -0.15) is 0 Å². The van der Waals surface area contributed by atoms with Gasteiger partial charge in [0.25, 0.3) is 5.91 Å². The van der Waals surface area contributed by atoms with Crippen molar-refractivity contribution in [2.75, 3.05) is 6.54 Å². The zero-order chi connectivity index (χ0) is 12.5. The molecule has 1 aliphatic carbocycles. The summed E-state index contributed by atoms with van der Waals surface area (Å²) in [5, 5.41) is 2.90. The molecule has 1 saturated carbocycles. The third-order valence-corrected chi connectivity index (χ3v) is 3.42. The van der Waals surface area contributed by atoms with Crippen LogP contribution >= 0.6 is 0 Å². The Hall–Kier alpha value is -1.42. The van der Waals surface area contributed by atoms with Crippen LogP contribution in [-0.4, -0.2) is 23.0 Å². The first-order valence-corrected chi connectivity index (χ1v) is 6.01. The van der Waals surface area contributed by atoms with Gasteiger partial charge in [-0.15, -0.1) is 0 Å². The summed E-state index contributed by atoms with van der Waals surface area (Å²) in [6.45, 7) is 4.32. The number of aromatic nitrogens is 1. The van der Waals surface area contributed by atoms with E-state index in [1.807, 2.05) is 26.0 Å². The predicted molar refractivity (Wildman–Crippen MR) is 66.8 cm³/mol. The highest BCUT2D eigenvalue weighted by molar-refractivity contribution is 5.95. The van der Waals surface area contributed by atoms with E-state index in [1.54, 1.807) is 0 Å². The van der Waals surface area contributed by atoms with Gasteiger partial charge in [-0.3, -0.25) is 9.78 Å². The van der Waals surface area contributed by atoms with Gasteiger partial charge in [0.15, 0.2) is 0 Å². The zero-order valence-corrected chi connectivity index (χ0v) is 10.4. The molecule has 0 unspecified atom stereocenters. The minimum atomic E-state index is -0.179. The molecule has 1 heterocycles. The van der Waals surface area contributed by atoms with E-state index in [9.17, 15) is 4.79 Å². The molecule has 0 aromatic carbocycles. The van der Waals surface area contributed by atoms with Gasteiger partial charge in [0.2, 0.25) is 0 Å². The number of rotatable bonds is 3. The van der Waals surface area contributed by atoms with E-state index in [-0.39, 0.29) is 11.4 Å². The molecule has 0 aliphatic heterocycles. The lowest BCUT2D eigenvalue weighted by atomic mass is 9.78. The van der Waals surface area contributed by atoms with Crippen LogP contribution in [0, 0.1) is 13.8 Å². The van der Waals surface area contributed by atoms with Crippen molar-refractivity contribution in [3.63, 3.8) is 0 Å². The van der Waals surface area contributed by atoms with Gasteiger partial charge in [0.05, 0.1) is 11.3 Å². The molecule has 0 spiro atoms. The number of carbonyl (C=O) groups is 1. The fraction of sp³-hybridized carbons (Fsp3) is 0.538. The van der Waals surface area contributed by atoms with Crippen molar-refractivity contribution in [3.05, 3.63) is 29.1 Å². The number of amides is 1. The second-order valence-electron chi connectivity index (χ2n) is 4.98. The topological polar surface area (TPSA) is 68.0 Å². The molecule has 2 rings (SSSR count). The number of pyridine rings is 1. The first kappa shape index (κ1) is 12.0. The van der Waals surface area contributed by atoms with Gasteiger partial charge >= 0.3 is 0 Å². The zero-order valence-electron chi connectivity index (χ0n) is 10.4. The van der Waals surface area contributed by atoms with E-state index < -0.39 is 0 Å². The summed E-state index contributed by atoms with van der Waals surface area (Å²) in [4.78, 5) is 16.2. The minimum Gasteiger partial charge on any atom is -0.350 e. The summed E-state index contributed by atoms with van der Waals surface area (Å²) < 4.78 is 0. The fourth-order valence-corrected chi connectivity index (χ4v) is 2.09. The molecule has 0 saturated heterocycles. The Kier molecular flexibility index (Phi) is 3.15. The fourth-order valence-electron chi connectivity index (χ4n) is 2.09. The van der Waals surface area contributed by atoms with Crippen molar-refractivity contribution in [1.29, 1.82) is 0 Å². The molecule has 0 atom stereocenters. The maximum atomic E-state index is 12.0. The van der Waals surface area contributed by atoms with E-state index in [2.05, 4.69) is 10.3 Å². The number of hydrogen-bond donors (Lipinski definition) is 2. The monoisotopic (exact) mass is 233 g/mol. The Morgan fingerprint density at radius 3 is 2.71 bits per heavy atom. The maximum Gasteiger partial charge on any atom is 0.253 e. The first-order chi connectivity index (χ1) is 8.00. The number of aryl methyl sites for hydroxylation is 2. The van der Waals surface area contributed by atoms with Crippen LogP contribution in [0.3, 0.4) is 0 Å². The summed E-state index contributed by atoms with van der Waals surface area (Å²) in [6.07, 6.45) is 3.16. The first-order valence-electron chi connectivity index (χ1n) is 6.01. The van der Waals surface area contributed by atoms with Crippen LogP contribution in [0.5, 0.6) is 0 Å². The number of nitrogens with zero attached hydrogens (tertiary/aromatic N) is 1. The SMILES string of the molecule is Cc1ccc(C(=O)NCC2(N)CCC2)c(C)n1. The quantitative estimate of drug-likeness (QED) is 0.827. The normalized spacial score (nSPS) is 17.4. The lowest BCUT2D eigenvalue weighted by Gasteiger charge is -2.38. The maximum absolute atomic E-state index is 12.0. The molecule has 0 bridgehead atoms. The van der Waals surface area contributed by atoms with Gasteiger partial charge in [-0.05, 0) is 45.2 Å². The highest BCUT2D eigenvalue weighted by Crippen LogP contribution is 2.28. The molecular weight excluding hydrogens is 214 g/mol. The van der Waals surface area contributed by atoms with Crippen LogP contribution in [0.15, 0.2) is 12.1 Å². The van der Waals surface area contributed by atoms with E-state index in [0.29, 0.717) is 12.1 Å². The van der Waals surface area contributed by atoms with Crippen molar-refractivity contribution < 1.29 is 4.79 Å². The summed E-state index contributed by atoms with van der Waals surface area (Å²) in [5.74, 6) is -0.0771. The summed E-state index contributed by atoms with van der Waals surface area (Å²) in [6, 6.07) is 3.67. The second-order valence-corrected chi connectivity index (χ2v) is 4.98. The summed E-state index contributed by atoms with van der Waals surface area (Å²) in [5.41, 5.74) is 8.21. The molecule has 17 heavy (non-hydrogen) atoms. The van der Waals surface area contributed by atoms with Crippen molar-refractivity contribution in [3.8, 4) is 0 Å². The number of nitrogens with two attached hydrogens (primary N) is 1. The highest BCUT2D eigenvalue weighted by atomic mass is 16.1. The molecule has 0 radical (unpaired) electrons. The van der Waals surface area contributed by atoms with Gasteiger partial charge in [0.1, 0.15) is 0 Å². The Labute approximate surface area is 102 Å². The summed E-state index contributed by atoms with van der Waals surface area (Å²) >= 11 is 0. The highest BCUT2D eigenvalue weighted by Gasteiger charge is 2.32. The van der Waals surface area contributed by atoms with Crippen LogP contribution < -0.4 is 11.1 Å². The van der Waals surface area contributed by atoms with Gasteiger partial charge in [-0.25, -0.2) is 0 Å². The molecule has 1 aromatic heterocycles. The third-order valence-electron chi connectivity index (χ3n) is 3.42. The molecule has 4 nitrogen and oxygen atoms in total. The molecule has 1 fully saturated rings. The average molecular weight is 233 g/mol. The smallest absolute Gasteiger partial charge is 0.253 e. The Morgan fingerprint density at radius 1 is 1.47 bits per heavy atom. The van der Waals surface area contributed by atoms with Gasteiger partial charge < -0.3 is 11.1 Å². The lowest BCUT2D eigenvalue weighted by molar-refractivity contribution is 0.0928. The molecular formula is C13H19N3O. The van der Waals surface area contributed by atoms with Crippen LogP contribution in [-0.2, 0) is 0 Å². The van der Waals surface area contributed by atoms with E-state index in [4.69, 9.17) is 5.73 Å². The summed E-state index contributed by atoms with van der Waals surface area (Å²) in [7, 11) is 0. The molecule has 3 N–H and O–H groups in total. The van der Waals surface area contributed by atoms with E-state index in [1.165, 1.54) is 0 Å². The van der Waals surface area contributed by atoms with Crippen LogP contribution in [0.2, 0.25) is 0 Å². The Balaban J connectivity index is 1.99. The van der Waals surface area contributed by atoms with Gasteiger partial charge in [0, 0.05) is 17.8 Å². The van der Waals surface area contributed by atoms with E-state index >= 15 is 0 Å². The number of carbonyl (C=O) groups excluding carboxylic acids is 1. The molecule has 1 aliphatic rings. The number of nitrogens with one attached hydrogen (secondary N) is 1. The van der Waals surface area contributed by atoms with Crippen molar-refractivity contribution >= 4 is 5.91 Å². The second kappa shape index (κ2) is 4.45. The molecule has 92 valence electrons. The van der Waals surface area contributed by atoms with E-state index in [0.717, 1.165) is 30.7 Å². The Bertz CT molecular complexity index is 438. The number of hydrogen-bond acceptors (Lipinski definition) is 3. The van der Waals surface area contributed by atoms with Crippen molar-refractivity contribution in [2.45, 2.75) is 38.6 Å². The van der Waals surface area contributed by atoms with Gasteiger partial charge in [-0.1, -0.05) is 0 Å². The third kappa shape index (κ3) is 2.64. The van der Waals surface area contributed by atoms with Crippen LogP contribution in [0.4, 0.5) is 0 Å². The Morgan fingerprint density at radius 2 is 2.18 bits per heavy atom. The minimum absolute atomic E-state index is 0.0771. The van der Waals surface area contributed by atoms with Crippen molar-refractivity contribution in [2.24, 2.45) is 5.73 Å². The molecule has 1 aromatic rings. The lowest BCUT2D eigenvalue weighted by Crippen LogP contribution is -2.55. The average Bonchev–Trinajstić information content (AvgIpc) is 2.23. The predicted octanol–water partition coefficient (Wildman–Crippen LogP) is 1.31. The molecule has 1 amide bonds. The molecule has 4 heteroatoms. The van der Waals surface area contributed by atoms with Crippen LogP contribution in [0.25, 0.3) is 0 Å². The van der Waals surface area contributed by atoms with Crippen molar-refractivity contribution in [1.82, 2.24) is 10.3 Å².